The van der Waals surface area contributed by atoms with Crippen molar-refractivity contribution in [3.05, 3.63) is 0 Å². The third-order valence-electron chi connectivity index (χ3n) is 1.26. The normalized spacial score (nSPS) is 15.3. The molecule has 0 aliphatic carbocycles. The zero-order valence-corrected chi connectivity index (χ0v) is 6.83. The van der Waals surface area contributed by atoms with Crippen LogP contribution in [-0.4, -0.2) is 29.1 Å². The van der Waals surface area contributed by atoms with Gasteiger partial charge in [-0.05, 0) is 13.8 Å². The number of Topliss-reactive ketones (excluding diaryl/α,β-unsaturated/α-hetero) is 1. The Bertz CT molecular complexity index is 162. The van der Waals surface area contributed by atoms with Crippen molar-refractivity contribution < 1.29 is 19.4 Å². The van der Waals surface area contributed by atoms with Crippen molar-refractivity contribution in [3.8, 4) is 0 Å². The number of hydrogen-bond donors (Lipinski definition) is 1. The van der Waals surface area contributed by atoms with Gasteiger partial charge in [0.1, 0.15) is 6.10 Å². The number of carbonyl (C=O) groups is 2. The first kappa shape index (κ1) is 10.1. The van der Waals surface area contributed by atoms with Crippen LogP contribution in [0, 0.1) is 0 Å². The number of ketones is 1. The van der Waals surface area contributed by atoms with Crippen molar-refractivity contribution in [1.82, 2.24) is 0 Å². The van der Waals surface area contributed by atoms with Gasteiger partial charge < -0.3 is 9.84 Å². The summed E-state index contributed by atoms with van der Waals surface area (Å²) in [4.78, 5) is 20.9. The van der Waals surface area contributed by atoms with Crippen molar-refractivity contribution in [2.45, 2.75) is 33.0 Å². The van der Waals surface area contributed by atoms with Gasteiger partial charge in [-0.3, -0.25) is 4.79 Å². The van der Waals surface area contributed by atoms with E-state index in [4.69, 9.17) is 5.11 Å². The smallest absolute Gasteiger partial charge is 0.374 e. The van der Waals surface area contributed by atoms with Crippen LogP contribution < -0.4 is 0 Å². The number of aliphatic hydroxyl groups is 1. The van der Waals surface area contributed by atoms with E-state index < -0.39 is 24.0 Å². The predicted molar refractivity (Wildman–Crippen MR) is 37.9 cm³/mol. The molecule has 0 radical (unpaired) electrons. The zero-order valence-electron chi connectivity index (χ0n) is 6.83. The SMILES string of the molecule is CC(=O)C(=O)OC(C)C(C)O. The van der Waals surface area contributed by atoms with Crippen LogP contribution in [0.5, 0.6) is 0 Å². The number of esters is 1. The van der Waals surface area contributed by atoms with Crippen LogP contribution in [0.4, 0.5) is 0 Å². The molecule has 4 nitrogen and oxygen atoms in total. The molecule has 2 atom stereocenters. The first-order valence-corrected chi connectivity index (χ1v) is 3.34. The van der Waals surface area contributed by atoms with E-state index >= 15 is 0 Å². The molecule has 0 aromatic heterocycles. The van der Waals surface area contributed by atoms with Gasteiger partial charge in [0.15, 0.2) is 0 Å². The van der Waals surface area contributed by atoms with Crippen molar-refractivity contribution in [1.29, 1.82) is 0 Å². The number of hydrogen-bond acceptors (Lipinski definition) is 4. The Morgan fingerprint density at radius 2 is 1.82 bits per heavy atom. The molecule has 0 saturated carbocycles. The summed E-state index contributed by atoms with van der Waals surface area (Å²) in [6.45, 7) is 4.13. The highest BCUT2D eigenvalue weighted by Gasteiger charge is 2.16. The Hall–Kier alpha value is -0.900. The molecule has 0 bridgehead atoms. The summed E-state index contributed by atoms with van der Waals surface area (Å²) >= 11 is 0. The summed E-state index contributed by atoms with van der Waals surface area (Å²) in [6, 6.07) is 0. The fourth-order valence-electron chi connectivity index (χ4n) is 0.350. The van der Waals surface area contributed by atoms with Gasteiger partial charge in [-0.15, -0.1) is 0 Å². The quantitative estimate of drug-likeness (QED) is 0.462. The molecular formula is C7H12O4. The van der Waals surface area contributed by atoms with Crippen LogP contribution in [-0.2, 0) is 14.3 Å². The summed E-state index contributed by atoms with van der Waals surface area (Å²) < 4.78 is 4.53. The molecule has 0 fully saturated rings. The van der Waals surface area contributed by atoms with Crippen LogP contribution in [0.1, 0.15) is 20.8 Å². The van der Waals surface area contributed by atoms with Gasteiger partial charge in [0.05, 0.1) is 6.10 Å². The highest BCUT2D eigenvalue weighted by atomic mass is 16.6. The monoisotopic (exact) mass is 160 g/mol. The molecule has 11 heavy (non-hydrogen) atoms. The van der Waals surface area contributed by atoms with Gasteiger partial charge in [0.25, 0.3) is 0 Å². The van der Waals surface area contributed by atoms with E-state index in [0.717, 1.165) is 6.92 Å². The van der Waals surface area contributed by atoms with Crippen molar-refractivity contribution in [2.24, 2.45) is 0 Å². The summed E-state index contributed by atoms with van der Waals surface area (Å²) in [7, 11) is 0. The lowest BCUT2D eigenvalue weighted by molar-refractivity contribution is -0.160. The van der Waals surface area contributed by atoms with Gasteiger partial charge >= 0.3 is 5.97 Å². The summed E-state index contributed by atoms with van der Waals surface area (Å²) in [6.07, 6.45) is -1.38. The Balaban J connectivity index is 3.85. The van der Waals surface area contributed by atoms with Gasteiger partial charge in [0.2, 0.25) is 5.78 Å². The van der Waals surface area contributed by atoms with Crippen LogP contribution in [0.3, 0.4) is 0 Å². The van der Waals surface area contributed by atoms with Crippen LogP contribution in [0.25, 0.3) is 0 Å². The Kier molecular flexibility index (Phi) is 3.74. The maximum absolute atomic E-state index is 10.6. The molecule has 0 saturated heterocycles. The number of ether oxygens (including phenoxy) is 1. The van der Waals surface area contributed by atoms with Gasteiger partial charge in [-0.2, -0.15) is 0 Å². The van der Waals surface area contributed by atoms with Crippen molar-refractivity contribution in [3.63, 3.8) is 0 Å². The largest absolute Gasteiger partial charge is 0.454 e. The summed E-state index contributed by atoms with van der Waals surface area (Å²) in [5.74, 6) is -1.56. The van der Waals surface area contributed by atoms with Gasteiger partial charge in [0, 0.05) is 6.92 Å². The fourth-order valence-corrected chi connectivity index (χ4v) is 0.350. The van der Waals surface area contributed by atoms with Gasteiger partial charge in [-0.1, -0.05) is 0 Å². The molecular weight excluding hydrogens is 148 g/mol. The van der Waals surface area contributed by atoms with E-state index in [9.17, 15) is 9.59 Å². The lowest BCUT2D eigenvalue weighted by Gasteiger charge is -2.13. The molecule has 2 unspecified atom stereocenters. The third kappa shape index (κ3) is 3.72. The molecule has 1 N–H and O–H groups in total. The number of carbonyl (C=O) groups excluding carboxylic acids is 2. The van der Waals surface area contributed by atoms with Crippen LogP contribution >= 0.6 is 0 Å². The minimum absolute atomic E-state index is 0.633. The van der Waals surface area contributed by atoms with Crippen molar-refractivity contribution >= 4 is 11.8 Å². The molecule has 0 aliphatic heterocycles. The highest BCUT2D eigenvalue weighted by molar-refractivity contribution is 6.32. The Labute approximate surface area is 65.2 Å². The molecule has 0 rings (SSSR count). The standard InChI is InChI=1S/C7H12O4/c1-4(8)6(3)11-7(10)5(2)9/h4,6,8H,1-3H3. The van der Waals surface area contributed by atoms with E-state index in [1.807, 2.05) is 0 Å². The first-order valence-electron chi connectivity index (χ1n) is 3.34. The molecule has 0 aromatic carbocycles. The van der Waals surface area contributed by atoms with E-state index in [-0.39, 0.29) is 0 Å². The predicted octanol–water partition coefficient (Wildman–Crippen LogP) is -0.112. The second-order valence-corrected chi connectivity index (χ2v) is 2.41. The van der Waals surface area contributed by atoms with E-state index in [1.54, 1.807) is 0 Å². The lowest BCUT2D eigenvalue weighted by Crippen LogP contribution is -2.28. The average Bonchev–Trinajstić information content (AvgIpc) is 1.87. The minimum atomic E-state index is -0.904. The average molecular weight is 160 g/mol. The minimum Gasteiger partial charge on any atom is -0.454 e. The molecule has 0 heterocycles. The van der Waals surface area contributed by atoms with Crippen LogP contribution in [0.15, 0.2) is 0 Å². The number of rotatable bonds is 3. The zero-order chi connectivity index (χ0) is 9.02. The van der Waals surface area contributed by atoms with E-state index in [2.05, 4.69) is 4.74 Å². The Morgan fingerprint density at radius 3 is 2.09 bits per heavy atom. The lowest BCUT2D eigenvalue weighted by atomic mass is 10.2. The second-order valence-electron chi connectivity index (χ2n) is 2.41. The third-order valence-corrected chi connectivity index (χ3v) is 1.26. The van der Waals surface area contributed by atoms with E-state index in [0.29, 0.717) is 0 Å². The van der Waals surface area contributed by atoms with Crippen molar-refractivity contribution in [2.75, 3.05) is 0 Å². The maximum Gasteiger partial charge on any atom is 0.374 e. The first-order chi connectivity index (χ1) is 4.95. The molecule has 4 heteroatoms. The van der Waals surface area contributed by atoms with E-state index in [1.165, 1.54) is 13.8 Å². The molecule has 0 spiro atoms. The summed E-state index contributed by atoms with van der Waals surface area (Å²) in [5.41, 5.74) is 0. The topological polar surface area (TPSA) is 63.6 Å². The number of aliphatic hydroxyl groups excluding tert-OH is 1. The van der Waals surface area contributed by atoms with Crippen LogP contribution in [0.2, 0.25) is 0 Å². The maximum atomic E-state index is 10.6. The second kappa shape index (κ2) is 4.08. The summed E-state index contributed by atoms with van der Waals surface area (Å²) in [5, 5.41) is 8.86. The fraction of sp³-hybridized carbons (Fsp3) is 0.714. The molecule has 0 aliphatic rings. The highest BCUT2D eigenvalue weighted by Crippen LogP contribution is 1.97. The van der Waals surface area contributed by atoms with Gasteiger partial charge in [-0.25, -0.2) is 4.79 Å². The molecule has 0 aromatic rings. The Morgan fingerprint density at radius 1 is 1.36 bits per heavy atom. The molecule has 0 amide bonds. The molecule has 64 valence electrons.